The Morgan fingerprint density at radius 3 is 2.78 bits per heavy atom. The molecule has 0 radical (unpaired) electrons. The molecule has 4 atom stereocenters. The van der Waals surface area contributed by atoms with Crippen LogP contribution in [0.2, 0.25) is 0 Å². The molecule has 128 valence electrons. The van der Waals surface area contributed by atoms with Gasteiger partial charge >= 0.3 is 0 Å². The van der Waals surface area contributed by atoms with E-state index in [0.717, 1.165) is 12.8 Å². The molecule has 8 heteroatoms. The first-order valence-electron chi connectivity index (χ1n) is 7.59. The summed E-state index contributed by atoms with van der Waals surface area (Å²) in [5.74, 6) is 0.173. The van der Waals surface area contributed by atoms with E-state index in [4.69, 9.17) is 9.84 Å². The van der Waals surface area contributed by atoms with E-state index in [1.807, 2.05) is 6.92 Å². The second kappa shape index (κ2) is 7.69. The summed E-state index contributed by atoms with van der Waals surface area (Å²) in [5, 5.41) is 39.0. The molecular formula is C15H22N2O6. The van der Waals surface area contributed by atoms with Crippen LogP contribution in [0.4, 0.5) is 0 Å². The van der Waals surface area contributed by atoms with Gasteiger partial charge in [0.2, 0.25) is 0 Å². The number of hydrogen-bond donors (Lipinski definition) is 4. The molecule has 1 fully saturated rings. The molecule has 23 heavy (non-hydrogen) atoms. The maximum atomic E-state index is 11.5. The minimum Gasteiger partial charge on any atom is -0.512 e. The Morgan fingerprint density at radius 2 is 2.17 bits per heavy atom. The van der Waals surface area contributed by atoms with Crippen molar-refractivity contribution in [3.05, 3.63) is 34.2 Å². The molecule has 1 aromatic heterocycles. The largest absolute Gasteiger partial charge is 0.512 e. The van der Waals surface area contributed by atoms with Crippen molar-refractivity contribution in [2.75, 3.05) is 6.61 Å². The van der Waals surface area contributed by atoms with Gasteiger partial charge in [0.1, 0.15) is 24.1 Å². The van der Waals surface area contributed by atoms with E-state index >= 15 is 0 Å². The van der Waals surface area contributed by atoms with Gasteiger partial charge in [-0.2, -0.15) is 4.98 Å². The van der Waals surface area contributed by atoms with Crippen molar-refractivity contribution >= 4 is 6.08 Å². The van der Waals surface area contributed by atoms with E-state index in [1.165, 1.54) is 22.9 Å². The lowest BCUT2D eigenvalue weighted by molar-refractivity contribution is -0.0537. The summed E-state index contributed by atoms with van der Waals surface area (Å²) >= 11 is 0. The van der Waals surface area contributed by atoms with Gasteiger partial charge in [-0.3, -0.25) is 4.79 Å². The van der Waals surface area contributed by atoms with Gasteiger partial charge in [0.05, 0.1) is 12.4 Å². The molecule has 4 N–H and O–H groups in total. The second-order valence-electron chi connectivity index (χ2n) is 5.50. The van der Waals surface area contributed by atoms with Crippen molar-refractivity contribution in [2.24, 2.45) is 0 Å². The molecule has 1 aromatic rings. The summed E-state index contributed by atoms with van der Waals surface area (Å²) in [7, 11) is 0. The number of rotatable bonds is 6. The highest BCUT2D eigenvalue weighted by molar-refractivity contribution is 5.42. The molecule has 1 aliphatic rings. The summed E-state index contributed by atoms with van der Waals surface area (Å²) in [6.07, 6.45) is 0.351. The monoisotopic (exact) mass is 326 g/mol. The lowest BCUT2D eigenvalue weighted by Crippen LogP contribution is -2.33. The Labute approximate surface area is 133 Å². The highest BCUT2D eigenvalue weighted by atomic mass is 16.6. The Morgan fingerprint density at radius 1 is 1.43 bits per heavy atom. The zero-order chi connectivity index (χ0) is 17.0. The van der Waals surface area contributed by atoms with Crippen molar-refractivity contribution in [1.82, 2.24) is 9.55 Å². The van der Waals surface area contributed by atoms with Gasteiger partial charge in [0.25, 0.3) is 5.56 Å². The number of allylic oxidation sites excluding steroid dienone is 1. The minimum absolute atomic E-state index is 0.0606. The second-order valence-corrected chi connectivity index (χ2v) is 5.50. The van der Waals surface area contributed by atoms with Crippen LogP contribution < -0.4 is 5.56 Å². The van der Waals surface area contributed by atoms with E-state index < -0.39 is 36.7 Å². The normalized spacial score (nSPS) is 28.3. The van der Waals surface area contributed by atoms with E-state index in [9.17, 15) is 20.1 Å². The maximum absolute atomic E-state index is 11.5. The van der Waals surface area contributed by atoms with Crippen molar-refractivity contribution in [3.63, 3.8) is 0 Å². The zero-order valence-electron chi connectivity index (χ0n) is 12.9. The molecule has 0 aliphatic carbocycles. The third-order valence-electron chi connectivity index (χ3n) is 3.74. The average molecular weight is 326 g/mol. The van der Waals surface area contributed by atoms with Crippen molar-refractivity contribution in [2.45, 2.75) is 50.7 Å². The topological polar surface area (TPSA) is 125 Å². The lowest BCUT2D eigenvalue weighted by Gasteiger charge is -2.20. The highest BCUT2D eigenvalue weighted by Crippen LogP contribution is 2.30. The number of aliphatic hydroxyl groups excluding tert-OH is 4. The number of hydrogen-bond acceptors (Lipinski definition) is 7. The first-order chi connectivity index (χ1) is 11.0. The molecule has 2 heterocycles. The summed E-state index contributed by atoms with van der Waals surface area (Å²) in [4.78, 5) is 15.3. The molecule has 0 bridgehead atoms. The quantitative estimate of drug-likeness (QED) is 0.540. The van der Waals surface area contributed by atoms with Crippen LogP contribution >= 0.6 is 0 Å². The number of aromatic nitrogens is 2. The molecule has 0 aromatic carbocycles. The van der Waals surface area contributed by atoms with Gasteiger partial charge in [0.15, 0.2) is 6.23 Å². The Kier molecular flexibility index (Phi) is 5.89. The molecule has 0 unspecified atom stereocenters. The smallest absolute Gasteiger partial charge is 0.273 e. The fraction of sp³-hybridized carbons (Fsp3) is 0.600. The number of unbranched alkanes of at least 4 members (excludes halogenated alkanes) is 1. The van der Waals surface area contributed by atoms with Crippen molar-refractivity contribution in [3.8, 4) is 0 Å². The van der Waals surface area contributed by atoms with Crippen LogP contribution in [0.5, 0.6) is 0 Å². The fourth-order valence-electron chi connectivity index (χ4n) is 2.44. The van der Waals surface area contributed by atoms with Crippen LogP contribution in [0.1, 0.15) is 38.2 Å². The lowest BCUT2D eigenvalue weighted by atomic mass is 10.1. The number of nitrogens with zero attached hydrogens (tertiary/aromatic N) is 2. The summed E-state index contributed by atoms with van der Waals surface area (Å²) in [5.41, 5.74) is -0.498. The van der Waals surface area contributed by atoms with Crippen LogP contribution in [-0.2, 0) is 4.74 Å². The van der Waals surface area contributed by atoms with Crippen LogP contribution in [0.15, 0.2) is 22.8 Å². The third kappa shape index (κ3) is 3.97. The zero-order valence-corrected chi connectivity index (χ0v) is 12.9. The van der Waals surface area contributed by atoms with Crippen molar-refractivity contribution in [1.29, 1.82) is 0 Å². The Bertz CT molecular complexity index is 614. The predicted octanol–water partition coefficient (Wildman–Crippen LogP) is -0.0561. The molecular weight excluding hydrogens is 304 g/mol. The Balaban J connectivity index is 2.34. The molecule has 0 spiro atoms. The van der Waals surface area contributed by atoms with Crippen LogP contribution in [0.3, 0.4) is 0 Å². The van der Waals surface area contributed by atoms with Gasteiger partial charge in [-0.05, 0) is 6.42 Å². The molecule has 2 rings (SSSR count). The number of aliphatic hydroxyl groups is 4. The van der Waals surface area contributed by atoms with Crippen molar-refractivity contribution < 1.29 is 25.2 Å². The van der Waals surface area contributed by atoms with Crippen LogP contribution in [-0.4, -0.2) is 54.9 Å². The van der Waals surface area contributed by atoms with Gasteiger partial charge in [-0.1, -0.05) is 13.3 Å². The predicted molar refractivity (Wildman–Crippen MR) is 81.6 cm³/mol. The van der Waals surface area contributed by atoms with Gasteiger partial charge in [0, 0.05) is 24.8 Å². The van der Waals surface area contributed by atoms with E-state index in [1.54, 1.807) is 0 Å². The first-order valence-corrected chi connectivity index (χ1v) is 7.59. The van der Waals surface area contributed by atoms with E-state index in [-0.39, 0.29) is 11.6 Å². The highest BCUT2D eigenvalue weighted by Gasteiger charge is 2.43. The van der Waals surface area contributed by atoms with Gasteiger partial charge < -0.3 is 29.7 Å². The molecule has 0 saturated carbocycles. The minimum atomic E-state index is -1.29. The number of ether oxygens (including phenoxy) is 1. The maximum Gasteiger partial charge on any atom is 0.273 e. The average Bonchev–Trinajstić information content (AvgIpc) is 2.81. The summed E-state index contributed by atoms with van der Waals surface area (Å²) < 4.78 is 6.78. The molecule has 1 saturated heterocycles. The van der Waals surface area contributed by atoms with Gasteiger partial charge in [-0.25, -0.2) is 0 Å². The molecule has 1 aliphatic heterocycles. The third-order valence-corrected chi connectivity index (χ3v) is 3.74. The molecule has 0 amide bonds. The van der Waals surface area contributed by atoms with E-state index in [0.29, 0.717) is 6.42 Å². The van der Waals surface area contributed by atoms with Gasteiger partial charge in [-0.15, -0.1) is 0 Å². The fourth-order valence-corrected chi connectivity index (χ4v) is 2.44. The SMILES string of the molecule is CCCC/C(O)=C/c1nc(=O)ccn1[C@@H]1O[C@H](CO)[C@@H](O)[C@H]1O. The van der Waals surface area contributed by atoms with Crippen LogP contribution in [0, 0.1) is 0 Å². The molecule has 8 nitrogen and oxygen atoms in total. The van der Waals surface area contributed by atoms with E-state index in [2.05, 4.69) is 4.98 Å². The first kappa shape index (κ1) is 17.6. The summed E-state index contributed by atoms with van der Waals surface area (Å²) in [6.45, 7) is 1.54. The standard InChI is InChI=1S/C15H22N2O6/c1-2-3-4-9(19)7-11-16-12(20)5-6-17(11)15-14(22)13(21)10(8-18)23-15/h5-7,10,13-15,18-19,21-22H,2-4,8H2,1H3/b9-7-/t10-,13-,14-,15-/m1/s1. The Hall–Kier alpha value is -1.74. The summed E-state index contributed by atoms with van der Waals surface area (Å²) in [6, 6.07) is 1.19. The van der Waals surface area contributed by atoms with Crippen LogP contribution in [0.25, 0.3) is 6.08 Å².